The monoisotopic (exact) mass is 291 g/mol. The molecule has 0 spiro atoms. The summed E-state index contributed by atoms with van der Waals surface area (Å²) in [6, 6.07) is 17.5. The average Bonchev–Trinajstić information content (AvgIpc) is 2.96. The number of benzene rings is 1. The number of carbonyl (C=O) groups excluding carboxylic acids is 1. The predicted molar refractivity (Wildman–Crippen MR) is 86.9 cm³/mol. The number of rotatable bonds is 4. The summed E-state index contributed by atoms with van der Waals surface area (Å²) in [7, 11) is 0. The van der Waals surface area contributed by atoms with Crippen LogP contribution in [0, 0.1) is 6.92 Å². The summed E-state index contributed by atoms with van der Waals surface area (Å²) in [5.74, 6) is 0.413. The van der Waals surface area contributed by atoms with Crippen molar-refractivity contribution in [2.75, 3.05) is 5.32 Å². The molecular weight excluding hydrogens is 274 g/mol. The highest BCUT2D eigenvalue weighted by Crippen LogP contribution is 2.11. The topological polar surface area (TPSA) is 46.9 Å². The Morgan fingerprint density at radius 2 is 1.95 bits per heavy atom. The predicted octanol–water partition coefficient (Wildman–Crippen LogP) is 3.49. The Morgan fingerprint density at radius 3 is 2.73 bits per heavy atom. The second kappa shape index (κ2) is 6.26. The molecule has 110 valence electrons. The molecule has 3 rings (SSSR count). The van der Waals surface area contributed by atoms with Crippen LogP contribution < -0.4 is 5.32 Å². The number of nitrogens with one attached hydrogen (secondary N) is 1. The van der Waals surface area contributed by atoms with Gasteiger partial charge in [-0.2, -0.15) is 0 Å². The molecule has 2 aromatic heterocycles. The van der Waals surface area contributed by atoms with Crippen LogP contribution >= 0.6 is 0 Å². The van der Waals surface area contributed by atoms with Gasteiger partial charge in [0.25, 0.3) is 5.91 Å². The van der Waals surface area contributed by atoms with Crippen LogP contribution in [0.25, 0.3) is 0 Å². The average molecular weight is 291 g/mol. The first-order chi connectivity index (χ1) is 10.7. The molecule has 0 unspecified atom stereocenters. The molecule has 0 radical (unpaired) electrons. The van der Waals surface area contributed by atoms with Crippen LogP contribution in [0.3, 0.4) is 0 Å². The van der Waals surface area contributed by atoms with Crippen molar-refractivity contribution in [3.05, 3.63) is 83.8 Å². The van der Waals surface area contributed by atoms with Gasteiger partial charge in [-0.3, -0.25) is 4.79 Å². The Labute approximate surface area is 129 Å². The van der Waals surface area contributed by atoms with Crippen molar-refractivity contribution in [2.45, 2.75) is 13.5 Å². The summed E-state index contributed by atoms with van der Waals surface area (Å²) >= 11 is 0. The highest BCUT2D eigenvalue weighted by molar-refractivity contribution is 6.02. The summed E-state index contributed by atoms with van der Waals surface area (Å²) in [6.45, 7) is 2.63. The van der Waals surface area contributed by atoms with Gasteiger partial charge in [0.15, 0.2) is 0 Å². The first kappa shape index (κ1) is 14.1. The minimum atomic E-state index is -0.154. The smallest absolute Gasteiger partial charge is 0.273 e. The van der Waals surface area contributed by atoms with Gasteiger partial charge in [-0.1, -0.05) is 30.3 Å². The van der Waals surface area contributed by atoms with Crippen LogP contribution in [0.15, 0.2) is 67.0 Å². The number of anilines is 1. The normalized spacial score (nSPS) is 10.4. The van der Waals surface area contributed by atoms with Crippen LogP contribution in [0.4, 0.5) is 5.82 Å². The maximum absolute atomic E-state index is 12.4. The number of amides is 1. The van der Waals surface area contributed by atoms with Crippen molar-refractivity contribution in [1.29, 1.82) is 0 Å². The van der Waals surface area contributed by atoms with E-state index in [0.29, 0.717) is 18.1 Å². The second-order valence-electron chi connectivity index (χ2n) is 5.18. The molecule has 1 N–H and O–H groups in total. The number of aromatic nitrogens is 2. The van der Waals surface area contributed by atoms with Crippen molar-refractivity contribution in [1.82, 2.24) is 9.55 Å². The van der Waals surface area contributed by atoms with Crippen molar-refractivity contribution >= 4 is 11.7 Å². The van der Waals surface area contributed by atoms with Crippen LogP contribution in [0.2, 0.25) is 0 Å². The Morgan fingerprint density at radius 1 is 1.14 bits per heavy atom. The molecule has 0 bridgehead atoms. The maximum Gasteiger partial charge on any atom is 0.273 e. The van der Waals surface area contributed by atoms with E-state index in [9.17, 15) is 4.79 Å². The standard InChI is InChI=1S/C18H17N3O/c1-14-9-10-19-17(12-14)20-18(22)16-8-5-11-21(16)13-15-6-3-2-4-7-15/h2-12H,13H2,1H3,(H,19,20,22). The SMILES string of the molecule is Cc1ccnc(NC(=O)c2cccn2Cc2ccccc2)c1. The molecule has 22 heavy (non-hydrogen) atoms. The molecule has 1 amide bonds. The van der Waals surface area contributed by atoms with E-state index in [-0.39, 0.29) is 5.91 Å². The largest absolute Gasteiger partial charge is 0.339 e. The van der Waals surface area contributed by atoms with Gasteiger partial charge >= 0.3 is 0 Å². The molecule has 0 saturated heterocycles. The minimum Gasteiger partial charge on any atom is -0.339 e. The Hall–Kier alpha value is -2.88. The lowest BCUT2D eigenvalue weighted by Gasteiger charge is -2.10. The van der Waals surface area contributed by atoms with Gasteiger partial charge in [0.2, 0.25) is 0 Å². The number of nitrogens with zero attached hydrogens (tertiary/aromatic N) is 2. The fourth-order valence-electron chi connectivity index (χ4n) is 2.32. The van der Waals surface area contributed by atoms with Crippen LogP contribution in [0.1, 0.15) is 21.6 Å². The molecule has 3 aromatic rings. The third-order valence-electron chi connectivity index (χ3n) is 3.41. The number of pyridine rings is 1. The van der Waals surface area contributed by atoms with E-state index < -0.39 is 0 Å². The van der Waals surface area contributed by atoms with Crippen LogP contribution in [-0.2, 0) is 6.54 Å². The van der Waals surface area contributed by atoms with E-state index in [0.717, 1.165) is 11.1 Å². The summed E-state index contributed by atoms with van der Waals surface area (Å²) in [4.78, 5) is 16.6. The van der Waals surface area contributed by atoms with Gasteiger partial charge in [-0.25, -0.2) is 4.98 Å². The summed E-state index contributed by atoms with van der Waals surface area (Å²) < 4.78 is 1.93. The van der Waals surface area contributed by atoms with Crippen LogP contribution in [0.5, 0.6) is 0 Å². The molecule has 4 heteroatoms. The number of carbonyl (C=O) groups is 1. The lowest BCUT2D eigenvalue weighted by atomic mass is 10.2. The fourth-order valence-corrected chi connectivity index (χ4v) is 2.32. The third-order valence-corrected chi connectivity index (χ3v) is 3.41. The van der Waals surface area contributed by atoms with Gasteiger partial charge < -0.3 is 9.88 Å². The molecule has 0 saturated carbocycles. The number of hydrogen-bond donors (Lipinski definition) is 1. The first-order valence-electron chi connectivity index (χ1n) is 7.15. The first-order valence-corrected chi connectivity index (χ1v) is 7.15. The summed E-state index contributed by atoms with van der Waals surface area (Å²) in [6.07, 6.45) is 3.60. The molecule has 1 aromatic carbocycles. The number of aryl methyl sites for hydroxylation is 1. The van der Waals surface area contributed by atoms with E-state index in [1.165, 1.54) is 0 Å². The van der Waals surface area contributed by atoms with Gasteiger partial charge in [-0.05, 0) is 42.3 Å². The fraction of sp³-hybridized carbons (Fsp3) is 0.111. The highest BCUT2D eigenvalue weighted by Gasteiger charge is 2.11. The van der Waals surface area contributed by atoms with Gasteiger partial charge in [0.1, 0.15) is 11.5 Å². The summed E-state index contributed by atoms with van der Waals surface area (Å²) in [5, 5.41) is 2.84. The zero-order chi connectivity index (χ0) is 15.4. The lowest BCUT2D eigenvalue weighted by Crippen LogP contribution is -2.17. The molecule has 0 aliphatic rings. The maximum atomic E-state index is 12.4. The molecule has 0 fully saturated rings. The van der Waals surface area contributed by atoms with Gasteiger partial charge in [-0.15, -0.1) is 0 Å². The molecule has 0 atom stereocenters. The van der Waals surface area contributed by atoms with Crippen molar-refractivity contribution in [3.8, 4) is 0 Å². The Bertz CT molecular complexity index is 778. The van der Waals surface area contributed by atoms with Crippen molar-refractivity contribution in [3.63, 3.8) is 0 Å². The molecule has 2 heterocycles. The minimum absolute atomic E-state index is 0.154. The van der Waals surface area contributed by atoms with E-state index >= 15 is 0 Å². The molecule has 0 aliphatic heterocycles. The number of hydrogen-bond acceptors (Lipinski definition) is 2. The quantitative estimate of drug-likeness (QED) is 0.800. The Balaban J connectivity index is 1.78. The van der Waals surface area contributed by atoms with Gasteiger partial charge in [0.05, 0.1) is 0 Å². The second-order valence-corrected chi connectivity index (χ2v) is 5.18. The van der Waals surface area contributed by atoms with Crippen molar-refractivity contribution in [2.24, 2.45) is 0 Å². The van der Waals surface area contributed by atoms with Crippen LogP contribution in [-0.4, -0.2) is 15.5 Å². The van der Waals surface area contributed by atoms with Crippen molar-refractivity contribution < 1.29 is 4.79 Å². The third kappa shape index (κ3) is 3.23. The highest BCUT2D eigenvalue weighted by atomic mass is 16.2. The molecule has 0 aliphatic carbocycles. The Kier molecular flexibility index (Phi) is 4.01. The zero-order valence-corrected chi connectivity index (χ0v) is 12.4. The summed E-state index contributed by atoms with van der Waals surface area (Å²) in [5.41, 5.74) is 2.83. The lowest BCUT2D eigenvalue weighted by molar-refractivity contribution is 0.101. The van der Waals surface area contributed by atoms with E-state index in [1.54, 1.807) is 6.20 Å². The molecular formula is C18H17N3O. The van der Waals surface area contributed by atoms with E-state index in [1.807, 2.05) is 72.3 Å². The van der Waals surface area contributed by atoms with Gasteiger partial charge in [0, 0.05) is 18.9 Å². The van der Waals surface area contributed by atoms with E-state index in [4.69, 9.17) is 0 Å². The van der Waals surface area contributed by atoms with E-state index in [2.05, 4.69) is 10.3 Å². The molecule has 4 nitrogen and oxygen atoms in total. The zero-order valence-electron chi connectivity index (χ0n) is 12.4.